The first-order valence-corrected chi connectivity index (χ1v) is 9.60. The van der Waals surface area contributed by atoms with Gasteiger partial charge in [0.25, 0.3) is 0 Å². The number of H-pyrrole nitrogens is 1. The number of rotatable bonds is 4. The van der Waals surface area contributed by atoms with Crippen LogP contribution >= 0.6 is 0 Å². The van der Waals surface area contributed by atoms with Crippen molar-refractivity contribution in [1.82, 2.24) is 9.88 Å². The molecule has 6 heteroatoms. The molecule has 3 aromatic rings. The minimum absolute atomic E-state index is 0.522. The number of likely N-dealkylation sites (tertiary alicyclic amines) is 1. The first-order chi connectivity index (χ1) is 13.6. The minimum atomic E-state index is -0.541. The monoisotopic (exact) mass is 378 g/mol. The number of aromatic nitrogens is 1. The topological polar surface area (TPSA) is 74.6 Å². The number of aromatic amines is 1. The van der Waals surface area contributed by atoms with Gasteiger partial charge < -0.3 is 20.4 Å². The lowest BCUT2D eigenvalue weighted by atomic mass is 9.89. The highest BCUT2D eigenvalue weighted by molar-refractivity contribution is 6.02. The van der Waals surface area contributed by atoms with Crippen LogP contribution in [0.4, 0.5) is 16.2 Å². The van der Waals surface area contributed by atoms with E-state index in [1.807, 2.05) is 36.4 Å². The van der Waals surface area contributed by atoms with Gasteiger partial charge in [-0.25, -0.2) is 4.79 Å². The number of carbonyl (C=O) groups excluding carboxylic acids is 1. The van der Waals surface area contributed by atoms with Crippen molar-refractivity contribution in [2.75, 3.05) is 32.1 Å². The van der Waals surface area contributed by atoms with E-state index in [0.29, 0.717) is 17.4 Å². The summed E-state index contributed by atoms with van der Waals surface area (Å²) in [6.45, 7) is 2.21. The molecule has 6 nitrogen and oxygen atoms in total. The molecule has 1 aromatic heterocycles. The van der Waals surface area contributed by atoms with Crippen molar-refractivity contribution >= 4 is 28.3 Å². The lowest BCUT2D eigenvalue weighted by Gasteiger charge is -2.29. The van der Waals surface area contributed by atoms with E-state index in [2.05, 4.69) is 29.2 Å². The molecule has 2 aromatic carbocycles. The Morgan fingerprint density at radius 1 is 1.21 bits per heavy atom. The average molecular weight is 378 g/mol. The van der Waals surface area contributed by atoms with Crippen LogP contribution in [-0.4, -0.2) is 43.2 Å². The van der Waals surface area contributed by atoms with Crippen molar-refractivity contribution in [3.05, 3.63) is 54.2 Å². The van der Waals surface area contributed by atoms with Crippen molar-refractivity contribution in [1.29, 1.82) is 0 Å². The zero-order valence-electron chi connectivity index (χ0n) is 16.3. The summed E-state index contributed by atoms with van der Waals surface area (Å²) in [6.07, 6.45) is 4.39. The van der Waals surface area contributed by atoms with Crippen LogP contribution in [0, 0.1) is 0 Å². The first kappa shape index (κ1) is 18.4. The van der Waals surface area contributed by atoms with E-state index in [1.54, 1.807) is 7.11 Å². The molecular weight excluding hydrogens is 352 g/mol. The van der Waals surface area contributed by atoms with Crippen LogP contribution in [-0.2, 0) is 0 Å². The van der Waals surface area contributed by atoms with Gasteiger partial charge in [0, 0.05) is 17.1 Å². The molecule has 0 radical (unpaired) electrons. The fraction of sp³-hybridized carbons (Fsp3) is 0.318. The van der Waals surface area contributed by atoms with Crippen LogP contribution < -0.4 is 15.4 Å². The normalized spacial score (nSPS) is 15.6. The maximum atomic E-state index is 12.3. The van der Waals surface area contributed by atoms with Gasteiger partial charge >= 0.3 is 6.03 Å². The Balaban J connectivity index is 1.77. The number of benzene rings is 2. The fourth-order valence-electron chi connectivity index (χ4n) is 4.13. The number of ether oxygens (including phenoxy) is 1. The Labute approximate surface area is 164 Å². The fourth-order valence-corrected chi connectivity index (χ4v) is 4.13. The number of fused-ring (bicyclic) bond motifs is 1. The Hall–Kier alpha value is -2.99. The molecule has 146 valence electrons. The van der Waals surface area contributed by atoms with E-state index < -0.39 is 6.03 Å². The quantitative estimate of drug-likeness (QED) is 0.714. The van der Waals surface area contributed by atoms with Crippen LogP contribution in [0.15, 0.2) is 48.7 Å². The zero-order valence-corrected chi connectivity index (χ0v) is 16.3. The van der Waals surface area contributed by atoms with Crippen molar-refractivity contribution in [2.24, 2.45) is 5.73 Å². The number of nitrogens with two attached hydrogens (primary N) is 1. The van der Waals surface area contributed by atoms with Gasteiger partial charge in [0.15, 0.2) is 0 Å². The summed E-state index contributed by atoms with van der Waals surface area (Å²) in [6, 6.07) is 12.8. The lowest BCUT2D eigenvalue weighted by molar-refractivity contribution is 0.255. The van der Waals surface area contributed by atoms with Gasteiger partial charge in [-0.15, -0.1) is 0 Å². The van der Waals surface area contributed by atoms with Crippen LogP contribution in [0.3, 0.4) is 0 Å². The maximum Gasteiger partial charge on any atom is 0.324 e. The highest BCUT2D eigenvalue weighted by atomic mass is 16.5. The first-order valence-electron chi connectivity index (χ1n) is 9.60. The number of carbonyl (C=O) groups is 1. The number of hydrogen-bond acceptors (Lipinski definition) is 3. The predicted molar refractivity (Wildman–Crippen MR) is 112 cm³/mol. The van der Waals surface area contributed by atoms with Gasteiger partial charge in [0.05, 0.1) is 18.5 Å². The maximum absolute atomic E-state index is 12.3. The molecule has 2 amide bonds. The molecule has 0 atom stereocenters. The van der Waals surface area contributed by atoms with E-state index in [0.717, 1.165) is 42.5 Å². The van der Waals surface area contributed by atoms with Crippen LogP contribution in [0.1, 0.15) is 24.3 Å². The van der Waals surface area contributed by atoms with Crippen molar-refractivity contribution in [2.45, 2.75) is 18.8 Å². The number of amides is 2. The summed E-state index contributed by atoms with van der Waals surface area (Å²) in [7, 11) is 3.76. The summed E-state index contributed by atoms with van der Waals surface area (Å²) in [5.41, 5.74) is 9.51. The molecule has 1 aliphatic heterocycles. The molecule has 0 spiro atoms. The van der Waals surface area contributed by atoms with Crippen LogP contribution in [0.2, 0.25) is 0 Å². The highest BCUT2D eigenvalue weighted by Crippen LogP contribution is 2.38. The summed E-state index contributed by atoms with van der Waals surface area (Å²) in [4.78, 5) is 19.6. The number of methoxy groups -OCH3 is 1. The Bertz CT molecular complexity index is 989. The Morgan fingerprint density at radius 2 is 1.96 bits per heavy atom. The van der Waals surface area contributed by atoms with Gasteiger partial charge in [-0.1, -0.05) is 12.1 Å². The number of piperidine rings is 1. The summed E-state index contributed by atoms with van der Waals surface area (Å²) < 4.78 is 5.44. The van der Waals surface area contributed by atoms with E-state index in [4.69, 9.17) is 10.5 Å². The summed E-state index contributed by atoms with van der Waals surface area (Å²) in [5, 5.41) is 1.15. The molecule has 3 N–H and O–H groups in total. The number of primary amides is 1. The van der Waals surface area contributed by atoms with Gasteiger partial charge in [0.1, 0.15) is 5.75 Å². The molecule has 2 heterocycles. The largest absolute Gasteiger partial charge is 0.495 e. The van der Waals surface area contributed by atoms with Gasteiger partial charge in [0.2, 0.25) is 0 Å². The van der Waals surface area contributed by atoms with E-state index in [1.165, 1.54) is 10.5 Å². The lowest BCUT2D eigenvalue weighted by Crippen LogP contribution is -2.31. The second kappa shape index (κ2) is 7.56. The van der Waals surface area contributed by atoms with E-state index in [9.17, 15) is 4.79 Å². The number of hydrogen-bond donors (Lipinski definition) is 2. The average Bonchev–Trinajstić information content (AvgIpc) is 3.12. The number of nitrogens with zero attached hydrogens (tertiary/aromatic N) is 2. The SMILES string of the molecule is COc1ccccc1N(C(N)=O)c1ccc2[nH]cc(C3CCN(C)CC3)c2c1. The number of para-hydroxylation sites is 2. The standard InChI is InChI=1S/C22H26N4O2/c1-25-11-9-15(10-12-25)18-14-24-19-8-7-16(13-17(18)19)26(22(23)27)20-5-3-4-6-21(20)28-2/h3-8,13-15,24H,9-12H2,1-2H3,(H2,23,27). The molecule has 1 saturated heterocycles. The number of nitrogens with one attached hydrogen (secondary N) is 1. The Morgan fingerprint density at radius 3 is 2.68 bits per heavy atom. The smallest absolute Gasteiger partial charge is 0.324 e. The third-order valence-corrected chi connectivity index (χ3v) is 5.66. The molecule has 1 aliphatic rings. The molecular formula is C22H26N4O2. The van der Waals surface area contributed by atoms with Gasteiger partial charge in [-0.05, 0) is 74.8 Å². The van der Waals surface area contributed by atoms with E-state index in [-0.39, 0.29) is 0 Å². The van der Waals surface area contributed by atoms with Gasteiger partial charge in [-0.3, -0.25) is 4.90 Å². The molecule has 0 bridgehead atoms. The summed E-state index contributed by atoms with van der Waals surface area (Å²) >= 11 is 0. The highest BCUT2D eigenvalue weighted by Gasteiger charge is 2.23. The molecule has 0 saturated carbocycles. The molecule has 0 aliphatic carbocycles. The van der Waals surface area contributed by atoms with Crippen LogP contribution in [0.5, 0.6) is 5.75 Å². The third kappa shape index (κ3) is 3.31. The zero-order chi connectivity index (χ0) is 19.7. The van der Waals surface area contributed by atoms with Crippen molar-refractivity contribution in [3.8, 4) is 5.75 Å². The molecule has 0 unspecified atom stereocenters. The van der Waals surface area contributed by atoms with Crippen molar-refractivity contribution in [3.63, 3.8) is 0 Å². The number of anilines is 2. The molecule has 28 heavy (non-hydrogen) atoms. The van der Waals surface area contributed by atoms with Crippen molar-refractivity contribution < 1.29 is 9.53 Å². The van der Waals surface area contributed by atoms with E-state index >= 15 is 0 Å². The molecule has 1 fully saturated rings. The summed E-state index contributed by atoms with van der Waals surface area (Å²) in [5.74, 6) is 1.12. The van der Waals surface area contributed by atoms with Gasteiger partial charge in [-0.2, -0.15) is 0 Å². The molecule has 4 rings (SSSR count). The third-order valence-electron chi connectivity index (χ3n) is 5.66. The van der Waals surface area contributed by atoms with Crippen LogP contribution in [0.25, 0.3) is 10.9 Å². The second-order valence-corrected chi connectivity index (χ2v) is 7.40. The predicted octanol–water partition coefficient (Wildman–Crippen LogP) is 4.20. The second-order valence-electron chi connectivity index (χ2n) is 7.40. The Kier molecular flexibility index (Phi) is 4.96. The number of urea groups is 1. The minimum Gasteiger partial charge on any atom is -0.495 e.